The molecule has 4 rings (SSSR count). The monoisotopic (exact) mass is 438 g/mol. The van der Waals surface area contributed by atoms with Gasteiger partial charge >= 0.3 is 0 Å². The molecule has 0 atom stereocenters. The van der Waals surface area contributed by atoms with Crippen LogP contribution in [-0.4, -0.2) is 11.8 Å². The van der Waals surface area contributed by atoms with Crippen LogP contribution in [0.2, 0.25) is 5.02 Å². The van der Waals surface area contributed by atoms with Crippen LogP contribution in [0.5, 0.6) is 0 Å². The highest BCUT2D eigenvalue weighted by atomic mass is 35.5. The minimum Gasteiger partial charge on any atom is -0.350 e. The first-order chi connectivity index (χ1) is 14.8. The highest BCUT2D eigenvalue weighted by Gasteiger charge is 2.40. The Morgan fingerprint density at radius 3 is 2.26 bits per heavy atom. The summed E-state index contributed by atoms with van der Waals surface area (Å²) in [6, 6.07) is 14.9. The number of hydrogen-bond acceptors (Lipinski definition) is 3. The van der Waals surface area contributed by atoms with Gasteiger partial charge in [0.1, 0.15) is 5.70 Å². The number of carbonyl (C=O) groups is 2. The molecule has 0 bridgehead atoms. The Morgan fingerprint density at radius 2 is 1.58 bits per heavy atom. The lowest BCUT2D eigenvalue weighted by atomic mass is 10.0. The molecule has 0 aliphatic carbocycles. The van der Waals surface area contributed by atoms with Crippen LogP contribution >= 0.6 is 11.6 Å². The lowest BCUT2D eigenvalue weighted by molar-refractivity contribution is -0.120. The summed E-state index contributed by atoms with van der Waals surface area (Å²) < 4.78 is 27.2. The second-order valence-electron chi connectivity index (χ2n) is 7.17. The molecule has 1 aliphatic heterocycles. The molecule has 0 saturated carbocycles. The molecule has 0 spiro atoms. The molecule has 156 valence electrons. The predicted molar refractivity (Wildman–Crippen MR) is 117 cm³/mol. The van der Waals surface area contributed by atoms with Crippen LogP contribution in [0.1, 0.15) is 16.7 Å². The first kappa shape index (κ1) is 20.8. The fourth-order valence-electron chi connectivity index (χ4n) is 3.41. The van der Waals surface area contributed by atoms with E-state index in [0.29, 0.717) is 16.3 Å². The van der Waals surface area contributed by atoms with Gasteiger partial charge in [0.2, 0.25) is 0 Å². The zero-order chi connectivity index (χ0) is 22.3. The van der Waals surface area contributed by atoms with Gasteiger partial charge in [-0.3, -0.25) is 9.59 Å². The second-order valence-corrected chi connectivity index (χ2v) is 7.61. The number of nitrogens with one attached hydrogen (secondary N) is 1. The number of imide groups is 1. The van der Waals surface area contributed by atoms with Gasteiger partial charge in [0.15, 0.2) is 11.6 Å². The van der Waals surface area contributed by atoms with Crippen LogP contribution in [-0.2, 0) is 9.59 Å². The van der Waals surface area contributed by atoms with Gasteiger partial charge in [-0.25, -0.2) is 13.7 Å². The molecule has 0 radical (unpaired) electrons. The summed E-state index contributed by atoms with van der Waals surface area (Å²) >= 11 is 5.97. The van der Waals surface area contributed by atoms with Crippen molar-refractivity contribution >= 4 is 40.4 Å². The normalized spacial score (nSPS) is 13.9. The SMILES string of the molecule is Cc1cccc(NC2=C(c3ccc(Cl)cc3)C(=O)N(c3ccc(F)c(F)c3)C2=O)c1C. The third-order valence-electron chi connectivity index (χ3n) is 5.24. The zero-order valence-corrected chi connectivity index (χ0v) is 17.4. The van der Waals surface area contributed by atoms with Gasteiger partial charge in [0.05, 0.1) is 11.3 Å². The summed E-state index contributed by atoms with van der Waals surface area (Å²) in [4.78, 5) is 27.4. The van der Waals surface area contributed by atoms with Gasteiger partial charge in [0.25, 0.3) is 11.8 Å². The molecule has 7 heteroatoms. The molecule has 4 nitrogen and oxygen atoms in total. The van der Waals surface area contributed by atoms with E-state index in [1.54, 1.807) is 30.3 Å². The van der Waals surface area contributed by atoms with Gasteiger partial charge in [0, 0.05) is 16.8 Å². The van der Waals surface area contributed by atoms with E-state index in [1.807, 2.05) is 26.0 Å². The maximum Gasteiger partial charge on any atom is 0.282 e. The molecule has 0 saturated heterocycles. The molecule has 3 aromatic carbocycles. The third-order valence-corrected chi connectivity index (χ3v) is 5.49. The molecule has 1 aliphatic rings. The van der Waals surface area contributed by atoms with Crippen LogP contribution in [0, 0.1) is 25.5 Å². The number of anilines is 2. The van der Waals surface area contributed by atoms with E-state index in [4.69, 9.17) is 11.6 Å². The molecule has 2 amide bonds. The Hall–Kier alpha value is -3.51. The standard InChI is InChI=1S/C24H17ClF2N2O2/c1-13-4-3-5-20(14(13)2)28-22-21(15-6-8-16(25)9-7-15)23(30)29(24(22)31)17-10-11-18(26)19(27)12-17/h3-12,28H,1-2H3. The Labute approximate surface area is 182 Å². The minimum absolute atomic E-state index is 0.0470. The maximum absolute atomic E-state index is 13.8. The molecule has 31 heavy (non-hydrogen) atoms. The first-order valence-corrected chi connectivity index (χ1v) is 9.83. The average Bonchev–Trinajstić information content (AvgIpc) is 2.98. The number of hydrogen-bond donors (Lipinski definition) is 1. The lowest BCUT2D eigenvalue weighted by Gasteiger charge is -2.16. The van der Waals surface area contributed by atoms with Gasteiger partial charge in [-0.05, 0) is 60.9 Å². The van der Waals surface area contributed by atoms with E-state index < -0.39 is 23.4 Å². The Kier molecular flexibility index (Phi) is 5.33. The van der Waals surface area contributed by atoms with Crippen LogP contribution < -0.4 is 10.2 Å². The van der Waals surface area contributed by atoms with Crippen LogP contribution in [0.4, 0.5) is 20.2 Å². The van der Waals surface area contributed by atoms with E-state index in [0.717, 1.165) is 28.2 Å². The number of amides is 2. The summed E-state index contributed by atoms with van der Waals surface area (Å²) in [6.07, 6.45) is 0. The van der Waals surface area contributed by atoms with Crippen molar-refractivity contribution in [2.45, 2.75) is 13.8 Å². The zero-order valence-electron chi connectivity index (χ0n) is 16.7. The van der Waals surface area contributed by atoms with Gasteiger partial charge in [-0.15, -0.1) is 0 Å². The van der Waals surface area contributed by atoms with Crippen molar-refractivity contribution in [1.29, 1.82) is 0 Å². The quantitative estimate of drug-likeness (QED) is 0.537. The average molecular weight is 439 g/mol. The van der Waals surface area contributed by atoms with E-state index in [-0.39, 0.29) is 17.0 Å². The summed E-state index contributed by atoms with van der Waals surface area (Å²) in [7, 11) is 0. The minimum atomic E-state index is -1.15. The topological polar surface area (TPSA) is 49.4 Å². The van der Waals surface area contributed by atoms with Crippen molar-refractivity contribution in [1.82, 2.24) is 0 Å². The summed E-state index contributed by atoms with van der Waals surface area (Å²) in [6.45, 7) is 3.83. The molecular weight excluding hydrogens is 422 g/mol. The Bertz CT molecular complexity index is 1250. The van der Waals surface area contributed by atoms with Gasteiger partial charge in [-0.1, -0.05) is 35.9 Å². The summed E-state index contributed by atoms with van der Waals surface area (Å²) in [5, 5.41) is 3.56. The number of benzene rings is 3. The predicted octanol–water partition coefficient (Wildman–Crippen LogP) is 5.63. The van der Waals surface area contributed by atoms with Crippen molar-refractivity contribution in [2.24, 2.45) is 0 Å². The van der Waals surface area contributed by atoms with Crippen molar-refractivity contribution in [2.75, 3.05) is 10.2 Å². The third kappa shape index (κ3) is 3.70. The van der Waals surface area contributed by atoms with Crippen molar-refractivity contribution in [3.05, 3.63) is 99.7 Å². The smallest absolute Gasteiger partial charge is 0.282 e. The van der Waals surface area contributed by atoms with E-state index in [2.05, 4.69) is 5.32 Å². The fraction of sp³-hybridized carbons (Fsp3) is 0.0833. The van der Waals surface area contributed by atoms with Gasteiger partial charge < -0.3 is 5.32 Å². The van der Waals surface area contributed by atoms with Crippen molar-refractivity contribution < 1.29 is 18.4 Å². The molecule has 1 heterocycles. The van der Waals surface area contributed by atoms with Crippen molar-refractivity contribution in [3.63, 3.8) is 0 Å². The lowest BCUT2D eigenvalue weighted by Crippen LogP contribution is -2.32. The highest BCUT2D eigenvalue weighted by molar-refractivity contribution is 6.46. The number of nitrogens with zero attached hydrogens (tertiary/aromatic N) is 1. The molecule has 3 aromatic rings. The summed E-state index contributed by atoms with van der Waals surface area (Å²) in [5.74, 6) is -3.53. The van der Waals surface area contributed by atoms with Crippen LogP contribution in [0.25, 0.3) is 5.57 Å². The number of aryl methyl sites for hydroxylation is 1. The van der Waals surface area contributed by atoms with E-state index in [1.165, 1.54) is 6.07 Å². The number of rotatable bonds is 4. The van der Waals surface area contributed by atoms with Crippen LogP contribution in [0.3, 0.4) is 0 Å². The first-order valence-electron chi connectivity index (χ1n) is 9.45. The summed E-state index contributed by atoms with van der Waals surface area (Å²) in [5.41, 5.74) is 3.16. The van der Waals surface area contributed by atoms with Gasteiger partial charge in [-0.2, -0.15) is 0 Å². The molecule has 0 fully saturated rings. The maximum atomic E-state index is 13.8. The highest BCUT2D eigenvalue weighted by Crippen LogP contribution is 2.35. The van der Waals surface area contributed by atoms with E-state index >= 15 is 0 Å². The molecular formula is C24H17ClF2N2O2. The fourth-order valence-corrected chi connectivity index (χ4v) is 3.54. The number of carbonyl (C=O) groups excluding carboxylic acids is 2. The Balaban J connectivity index is 1.85. The molecule has 0 unspecified atom stereocenters. The molecule has 1 N–H and O–H groups in total. The largest absolute Gasteiger partial charge is 0.350 e. The molecule has 0 aromatic heterocycles. The Morgan fingerprint density at radius 1 is 0.871 bits per heavy atom. The van der Waals surface area contributed by atoms with Crippen LogP contribution in [0.15, 0.2) is 66.4 Å². The van der Waals surface area contributed by atoms with Crippen molar-refractivity contribution in [3.8, 4) is 0 Å². The van der Waals surface area contributed by atoms with E-state index in [9.17, 15) is 18.4 Å². The second kappa shape index (κ2) is 7.96. The number of halogens is 3.